The average molecular weight is 242 g/mol. The number of nitrogens with zero attached hydrogens (tertiary/aromatic N) is 1. The van der Waals surface area contributed by atoms with Crippen molar-refractivity contribution in [2.75, 3.05) is 19.6 Å². The van der Waals surface area contributed by atoms with Gasteiger partial charge in [0.05, 0.1) is 5.92 Å². The van der Waals surface area contributed by atoms with Crippen LogP contribution in [0, 0.1) is 5.92 Å². The maximum absolute atomic E-state index is 11.8. The maximum atomic E-state index is 11.8. The topological polar surface area (TPSA) is 69.6 Å². The number of amides is 2. The minimum Gasteiger partial charge on any atom is -0.481 e. The molecule has 1 heterocycles. The molecular weight excluding hydrogens is 220 g/mol. The number of piperidine rings is 1. The molecule has 0 aromatic rings. The zero-order valence-corrected chi connectivity index (χ0v) is 10.4. The van der Waals surface area contributed by atoms with E-state index in [0.717, 1.165) is 32.4 Å². The first kappa shape index (κ1) is 13.8. The van der Waals surface area contributed by atoms with E-state index in [4.69, 9.17) is 5.11 Å². The third-order valence-corrected chi connectivity index (χ3v) is 3.13. The van der Waals surface area contributed by atoms with Crippen LogP contribution in [0.2, 0.25) is 0 Å². The molecule has 1 fully saturated rings. The van der Waals surface area contributed by atoms with Gasteiger partial charge >= 0.3 is 12.0 Å². The molecule has 0 radical (unpaired) electrons. The number of carboxylic acids is 1. The van der Waals surface area contributed by atoms with E-state index in [-0.39, 0.29) is 12.6 Å². The second-order valence-corrected chi connectivity index (χ2v) is 4.56. The number of nitrogens with one attached hydrogen (secondary N) is 1. The van der Waals surface area contributed by atoms with Gasteiger partial charge in [-0.3, -0.25) is 4.79 Å². The van der Waals surface area contributed by atoms with Crippen molar-refractivity contribution in [2.24, 2.45) is 5.92 Å². The molecule has 5 heteroatoms. The van der Waals surface area contributed by atoms with Gasteiger partial charge in [0.2, 0.25) is 0 Å². The van der Waals surface area contributed by atoms with Gasteiger partial charge in [0.15, 0.2) is 0 Å². The smallest absolute Gasteiger partial charge is 0.317 e. The Balaban J connectivity index is 2.32. The van der Waals surface area contributed by atoms with E-state index in [2.05, 4.69) is 5.32 Å². The normalized spacial score (nSPS) is 17.6. The first-order chi connectivity index (χ1) is 8.15. The van der Waals surface area contributed by atoms with Crippen molar-refractivity contribution >= 4 is 12.0 Å². The van der Waals surface area contributed by atoms with Crippen LogP contribution < -0.4 is 5.32 Å². The van der Waals surface area contributed by atoms with E-state index in [1.807, 2.05) is 6.92 Å². The monoisotopic (exact) mass is 242 g/mol. The van der Waals surface area contributed by atoms with E-state index < -0.39 is 11.9 Å². The lowest BCUT2D eigenvalue weighted by Crippen LogP contribution is -2.45. The van der Waals surface area contributed by atoms with E-state index in [0.29, 0.717) is 6.42 Å². The van der Waals surface area contributed by atoms with Crippen LogP contribution in [-0.4, -0.2) is 41.6 Å². The van der Waals surface area contributed by atoms with E-state index in [1.54, 1.807) is 4.90 Å². The lowest BCUT2D eigenvalue weighted by molar-refractivity contribution is -0.141. The second-order valence-electron chi connectivity index (χ2n) is 4.56. The van der Waals surface area contributed by atoms with Crippen molar-refractivity contribution in [3.8, 4) is 0 Å². The number of rotatable bonds is 5. The molecule has 1 aliphatic rings. The van der Waals surface area contributed by atoms with Crippen molar-refractivity contribution in [3.05, 3.63) is 0 Å². The molecule has 0 bridgehead atoms. The van der Waals surface area contributed by atoms with Gasteiger partial charge in [0.1, 0.15) is 0 Å². The Bertz CT molecular complexity index is 262. The molecule has 2 amide bonds. The zero-order chi connectivity index (χ0) is 12.7. The number of aliphatic carboxylic acids is 1. The molecule has 1 aliphatic heterocycles. The summed E-state index contributed by atoms with van der Waals surface area (Å²) in [5.41, 5.74) is 0. The van der Waals surface area contributed by atoms with Gasteiger partial charge in [-0.15, -0.1) is 0 Å². The van der Waals surface area contributed by atoms with Gasteiger partial charge in [-0.2, -0.15) is 0 Å². The third kappa shape index (κ3) is 4.63. The fourth-order valence-electron chi connectivity index (χ4n) is 2.08. The van der Waals surface area contributed by atoms with Gasteiger partial charge in [0.25, 0.3) is 0 Å². The van der Waals surface area contributed by atoms with Crippen LogP contribution in [0.15, 0.2) is 0 Å². The number of carbonyl (C=O) groups is 2. The lowest BCUT2D eigenvalue weighted by Gasteiger charge is -2.27. The second kappa shape index (κ2) is 7.14. The van der Waals surface area contributed by atoms with Crippen LogP contribution in [-0.2, 0) is 4.79 Å². The van der Waals surface area contributed by atoms with Crippen LogP contribution in [0.3, 0.4) is 0 Å². The van der Waals surface area contributed by atoms with Crippen LogP contribution in [0.1, 0.15) is 39.0 Å². The highest BCUT2D eigenvalue weighted by Crippen LogP contribution is 2.09. The Morgan fingerprint density at radius 2 is 1.94 bits per heavy atom. The van der Waals surface area contributed by atoms with Crippen molar-refractivity contribution in [3.63, 3.8) is 0 Å². The summed E-state index contributed by atoms with van der Waals surface area (Å²) < 4.78 is 0. The quantitative estimate of drug-likeness (QED) is 0.770. The largest absolute Gasteiger partial charge is 0.481 e. The van der Waals surface area contributed by atoms with Crippen LogP contribution in [0.4, 0.5) is 4.79 Å². The SMILES string of the molecule is CCCC(CNC(=O)N1CCCCC1)C(=O)O. The number of hydrogen-bond acceptors (Lipinski definition) is 2. The molecule has 2 N–H and O–H groups in total. The van der Waals surface area contributed by atoms with Crippen LogP contribution in [0.25, 0.3) is 0 Å². The fourth-order valence-corrected chi connectivity index (χ4v) is 2.08. The molecule has 0 aliphatic carbocycles. The number of carbonyl (C=O) groups excluding carboxylic acids is 1. The van der Waals surface area contributed by atoms with E-state index in [1.165, 1.54) is 6.42 Å². The summed E-state index contributed by atoms with van der Waals surface area (Å²) in [5, 5.41) is 11.7. The highest BCUT2D eigenvalue weighted by atomic mass is 16.4. The number of carboxylic acid groups (broad SMARTS) is 1. The fraction of sp³-hybridized carbons (Fsp3) is 0.833. The Morgan fingerprint density at radius 3 is 2.47 bits per heavy atom. The van der Waals surface area contributed by atoms with Crippen molar-refractivity contribution < 1.29 is 14.7 Å². The Kier molecular flexibility index (Phi) is 5.80. The molecule has 98 valence electrons. The van der Waals surface area contributed by atoms with Crippen molar-refractivity contribution in [1.82, 2.24) is 10.2 Å². The van der Waals surface area contributed by atoms with E-state index >= 15 is 0 Å². The molecule has 1 atom stereocenters. The van der Waals surface area contributed by atoms with Gasteiger partial charge in [-0.1, -0.05) is 13.3 Å². The van der Waals surface area contributed by atoms with Crippen LogP contribution in [0.5, 0.6) is 0 Å². The lowest BCUT2D eigenvalue weighted by atomic mass is 10.0. The minimum atomic E-state index is -0.828. The third-order valence-electron chi connectivity index (χ3n) is 3.13. The standard InChI is InChI=1S/C12H22N2O3/c1-2-6-10(11(15)16)9-13-12(17)14-7-4-3-5-8-14/h10H,2-9H2,1H3,(H,13,17)(H,15,16). The predicted octanol–water partition coefficient (Wildman–Crippen LogP) is 1.68. The summed E-state index contributed by atoms with van der Waals surface area (Å²) in [6, 6.07) is -0.118. The molecule has 0 saturated carbocycles. The first-order valence-corrected chi connectivity index (χ1v) is 6.40. The highest BCUT2D eigenvalue weighted by molar-refractivity contribution is 5.76. The Hall–Kier alpha value is -1.26. The van der Waals surface area contributed by atoms with Gasteiger partial charge < -0.3 is 15.3 Å². The summed E-state index contributed by atoms with van der Waals surface area (Å²) in [4.78, 5) is 24.4. The molecule has 0 aromatic heterocycles. The van der Waals surface area contributed by atoms with Crippen molar-refractivity contribution in [1.29, 1.82) is 0 Å². The maximum Gasteiger partial charge on any atom is 0.317 e. The predicted molar refractivity (Wildman–Crippen MR) is 64.9 cm³/mol. The zero-order valence-electron chi connectivity index (χ0n) is 10.4. The van der Waals surface area contributed by atoms with E-state index in [9.17, 15) is 9.59 Å². The minimum absolute atomic E-state index is 0.118. The Morgan fingerprint density at radius 1 is 1.29 bits per heavy atom. The molecule has 1 saturated heterocycles. The highest BCUT2D eigenvalue weighted by Gasteiger charge is 2.20. The Labute approximate surface area is 102 Å². The number of urea groups is 1. The molecule has 1 unspecified atom stereocenters. The summed E-state index contributed by atoms with van der Waals surface area (Å²) in [6.45, 7) is 3.76. The average Bonchev–Trinajstić information content (AvgIpc) is 2.34. The summed E-state index contributed by atoms with van der Waals surface area (Å²) in [6.07, 6.45) is 4.69. The summed E-state index contributed by atoms with van der Waals surface area (Å²) in [5.74, 6) is -1.29. The summed E-state index contributed by atoms with van der Waals surface area (Å²) in [7, 11) is 0. The molecule has 5 nitrogen and oxygen atoms in total. The van der Waals surface area contributed by atoms with Gasteiger partial charge in [-0.05, 0) is 25.7 Å². The molecule has 0 spiro atoms. The molecule has 1 rings (SSSR count). The first-order valence-electron chi connectivity index (χ1n) is 6.40. The number of hydrogen-bond donors (Lipinski definition) is 2. The van der Waals surface area contributed by atoms with Gasteiger partial charge in [-0.25, -0.2) is 4.79 Å². The summed E-state index contributed by atoms with van der Waals surface area (Å²) >= 11 is 0. The molecule has 0 aromatic carbocycles. The van der Waals surface area contributed by atoms with Gasteiger partial charge in [0, 0.05) is 19.6 Å². The van der Waals surface area contributed by atoms with Crippen molar-refractivity contribution in [2.45, 2.75) is 39.0 Å². The number of likely N-dealkylation sites (tertiary alicyclic amines) is 1. The molecular formula is C12H22N2O3. The molecule has 17 heavy (non-hydrogen) atoms. The van der Waals surface area contributed by atoms with Crippen LogP contribution >= 0.6 is 0 Å².